The van der Waals surface area contributed by atoms with E-state index < -0.39 is 23.8 Å². The Balaban J connectivity index is 2.47. The summed E-state index contributed by atoms with van der Waals surface area (Å²) in [5.74, 6) is 0.0580. The standard InChI is InChI=1S/C31H43N3O4S/c1-7-9-19-34(29(36)26(18-20-39-6)33-30(37)38-31(3,4)5)27(25-17-13-16-23(8-2)21-25)28(35)32-22-24-14-11-10-12-15-24/h8,10-17,21,26-27H,2,7,9,18-20,22H2,1,3-6H3,(H,32,35)(H,33,37). The largest absolute Gasteiger partial charge is 0.444 e. The lowest BCUT2D eigenvalue weighted by molar-refractivity contribution is -0.142. The second-order valence-corrected chi connectivity index (χ2v) is 11.3. The molecule has 2 aromatic carbocycles. The van der Waals surface area contributed by atoms with Gasteiger partial charge in [-0.25, -0.2) is 4.79 Å². The van der Waals surface area contributed by atoms with Gasteiger partial charge in [0.2, 0.25) is 11.8 Å². The fraction of sp³-hybridized carbons (Fsp3) is 0.452. The van der Waals surface area contributed by atoms with Gasteiger partial charge >= 0.3 is 6.09 Å². The molecule has 0 saturated carbocycles. The number of ether oxygens (including phenoxy) is 1. The van der Waals surface area contributed by atoms with Crippen LogP contribution in [0.1, 0.15) is 69.7 Å². The maximum atomic E-state index is 14.2. The van der Waals surface area contributed by atoms with E-state index in [4.69, 9.17) is 4.74 Å². The van der Waals surface area contributed by atoms with Crippen LogP contribution in [0.15, 0.2) is 61.2 Å². The normalized spacial score (nSPS) is 12.6. The van der Waals surface area contributed by atoms with Crippen LogP contribution < -0.4 is 10.6 Å². The monoisotopic (exact) mass is 553 g/mol. The van der Waals surface area contributed by atoms with E-state index in [0.29, 0.717) is 37.2 Å². The number of amides is 3. The molecule has 2 unspecified atom stereocenters. The average Bonchev–Trinajstić information content (AvgIpc) is 2.91. The molecule has 212 valence electrons. The first-order valence-corrected chi connectivity index (χ1v) is 14.8. The molecule has 0 aromatic heterocycles. The van der Waals surface area contributed by atoms with Gasteiger partial charge in [0.15, 0.2) is 0 Å². The van der Waals surface area contributed by atoms with Gasteiger partial charge in [0.05, 0.1) is 0 Å². The lowest BCUT2D eigenvalue weighted by Gasteiger charge is -2.34. The molecule has 2 N–H and O–H groups in total. The molecule has 7 nitrogen and oxygen atoms in total. The zero-order chi connectivity index (χ0) is 28.8. The molecule has 0 aliphatic rings. The smallest absolute Gasteiger partial charge is 0.408 e. The van der Waals surface area contributed by atoms with Crippen molar-refractivity contribution >= 4 is 35.7 Å². The molecule has 0 saturated heterocycles. The van der Waals surface area contributed by atoms with Crippen molar-refractivity contribution < 1.29 is 19.1 Å². The number of thioether (sulfide) groups is 1. The number of alkyl carbamates (subject to hydrolysis) is 1. The Bertz CT molecular complexity index is 1080. The van der Waals surface area contributed by atoms with Crippen molar-refractivity contribution in [1.82, 2.24) is 15.5 Å². The molecule has 8 heteroatoms. The lowest BCUT2D eigenvalue weighted by Crippen LogP contribution is -2.53. The number of nitrogens with zero attached hydrogens (tertiary/aromatic N) is 1. The van der Waals surface area contributed by atoms with E-state index >= 15 is 0 Å². The summed E-state index contributed by atoms with van der Waals surface area (Å²) in [6.07, 6.45) is 4.96. The highest BCUT2D eigenvalue weighted by molar-refractivity contribution is 7.98. The molecule has 39 heavy (non-hydrogen) atoms. The van der Waals surface area contributed by atoms with E-state index in [1.54, 1.807) is 43.5 Å². The van der Waals surface area contributed by atoms with Gasteiger partial charge in [-0.2, -0.15) is 11.8 Å². The molecule has 0 radical (unpaired) electrons. The van der Waals surface area contributed by atoms with Crippen LogP contribution in [0.25, 0.3) is 6.08 Å². The van der Waals surface area contributed by atoms with E-state index in [0.717, 1.165) is 17.5 Å². The van der Waals surface area contributed by atoms with Crippen LogP contribution in [0, 0.1) is 0 Å². The Hall–Kier alpha value is -3.26. The van der Waals surface area contributed by atoms with Crippen LogP contribution in [0.2, 0.25) is 0 Å². The summed E-state index contributed by atoms with van der Waals surface area (Å²) in [5.41, 5.74) is 1.79. The topological polar surface area (TPSA) is 87.7 Å². The van der Waals surface area contributed by atoms with E-state index in [1.165, 1.54) is 0 Å². The molecule has 2 rings (SSSR count). The van der Waals surface area contributed by atoms with Crippen molar-refractivity contribution in [2.24, 2.45) is 0 Å². The molecule has 0 bridgehead atoms. The Morgan fingerprint density at radius 3 is 2.44 bits per heavy atom. The van der Waals surface area contributed by atoms with Crippen LogP contribution in [0.4, 0.5) is 4.79 Å². The lowest BCUT2D eigenvalue weighted by atomic mass is 9.99. The molecular weight excluding hydrogens is 510 g/mol. The summed E-state index contributed by atoms with van der Waals surface area (Å²) in [5, 5.41) is 5.80. The number of nitrogens with one attached hydrogen (secondary N) is 2. The van der Waals surface area contributed by atoms with Gasteiger partial charge < -0.3 is 20.3 Å². The third-order valence-corrected chi connectivity index (χ3v) is 6.61. The van der Waals surface area contributed by atoms with E-state index in [2.05, 4.69) is 17.2 Å². The molecule has 0 aliphatic heterocycles. The van der Waals surface area contributed by atoms with Crippen LogP contribution in [0.5, 0.6) is 0 Å². The fourth-order valence-corrected chi connectivity index (χ4v) is 4.52. The summed E-state index contributed by atoms with van der Waals surface area (Å²) in [7, 11) is 0. The molecule has 0 aliphatic carbocycles. The molecular formula is C31H43N3O4S. The molecule has 0 spiro atoms. The number of benzene rings is 2. The summed E-state index contributed by atoms with van der Waals surface area (Å²) in [4.78, 5) is 42.3. The number of rotatable bonds is 14. The summed E-state index contributed by atoms with van der Waals surface area (Å²) >= 11 is 1.59. The van der Waals surface area contributed by atoms with Crippen LogP contribution in [0.3, 0.4) is 0 Å². The van der Waals surface area contributed by atoms with E-state index in [-0.39, 0.29) is 11.8 Å². The minimum absolute atomic E-state index is 0.287. The van der Waals surface area contributed by atoms with Crippen molar-refractivity contribution in [2.75, 3.05) is 18.6 Å². The van der Waals surface area contributed by atoms with Gasteiger partial charge in [-0.3, -0.25) is 9.59 Å². The number of hydrogen-bond acceptors (Lipinski definition) is 5. The summed E-state index contributed by atoms with van der Waals surface area (Å²) < 4.78 is 5.45. The van der Waals surface area contributed by atoms with Gasteiger partial charge in [-0.1, -0.05) is 74.5 Å². The Morgan fingerprint density at radius 2 is 1.82 bits per heavy atom. The van der Waals surface area contributed by atoms with E-state index in [9.17, 15) is 14.4 Å². The highest BCUT2D eigenvalue weighted by atomic mass is 32.2. The van der Waals surface area contributed by atoms with Gasteiger partial charge in [-0.05, 0) is 68.4 Å². The predicted octanol–water partition coefficient (Wildman–Crippen LogP) is 5.96. The van der Waals surface area contributed by atoms with Gasteiger partial charge in [0.25, 0.3) is 0 Å². The first kappa shape index (κ1) is 32.0. The van der Waals surface area contributed by atoms with Crippen molar-refractivity contribution in [2.45, 2.75) is 71.2 Å². The van der Waals surface area contributed by atoms with Gasteiger partial charge in [0.1, 0.15) is 17.7 Å². The van der Waals surface area contributed by atoms with Crippen molar-refractivity contribution in [1.29, 1.82) is 0 Å². The average molecular weight is 554 g/mol. The number of hydrogen-bond donors (Lipinski definition) is 2. The van der Waals surface area contributed by atoms with Crippen molar-refractivity contribution in [3.8, 4) is 0 Å². The zero-order valence-corrected chi connectivity index (χ0v) is 24.7. The quantitative estimate of drug-likeness (QED) is 0.301. The number of carbonyl (C=O) groups excluding carboxylic acids is 3. The number of carbonyl (C=O) groups is 3. The number of unbranched alkanes of at least 4 members (excludes halogenated alkanes) is 1. The van der Waals surface area contributed by atoms with Crippen LogP contribution >= 0.6 is 11.8 Å². The SMILES string of the molecule is C=Cc1cccc(C(C(=O)NCc2ccccc2)N(CCCC)C(=O)C(CCSC)NC(=O)OC(C)(C)C)c1. The zero-order valence-electron chi connectivity index (χ0n) is 23.9. The molecule has 2 aromatic rings. The predicted molar refractivity (Wildman–Crippen MR) is 160 cm³/mol. The highest BCUT2D eigenvalue weighted by Crippen LogP contribution is 2.25. The highest BCUT2D eigenvalue weighted by Gasteiger charge is 2.36. The van der Waals surface area contributed by atoms with Gasteiger partial charge in [-0.15, -0.1) is 0 Å². The molecule has 0 heterocycles. The van der Waals surface area contributed by atoms with Crippen LogP contribution in [-0.4, -0.2) is 53.0 Å². The molecule has 3 amide bonds. The third kappa shape index (κ3) is 10.8. The second kappa shape index (κ2) is 16.0. The Labute approximate surface area is 237 Å². The first-order valence-electron chi connectivity index (χ1n) is 13.4. The Kier molecular flexibility index (Phi) is 13.1. The van der Waals surface area contributed by atoms with E-state index in [1.807, 2.05) is 67.8 Å². The van der Waals surface area contributed by atoms with Crippen molar-refractivity contribution in [3.63, 3.8) is 0 Å². The summed E-state index contributed by atoms with van der Waals surface area (Å²) in [6.45, 7) is 11.9. The molecule has 2 atom stereocenters. The maximum absolute atomic E-state index is 14.2. The third-order valence-electron chi connectivity index (χ3n) is 5.97. The first-order chi connectivity index (χ1) is 18.6. The minimum atomic E-state index is -0.884. The molecule has 0 fully saturated rings. The second-order valence-electron chi connectivity index (χ2n) is 10.3. The Morgan fingerprint density at radius 1 is 1.10 bits per heavy atom. The van der Waals surface area contributed by atoms with Crippen LogP contribution in [-0.2, 0) is 20.9 Å². The maximum Gasteiger partial charge on any atom is 0.408 e. The van der Waals surface area contributed by atoms with Gasteiger partial charge in [0, 0.05) is 13.1 Å². The summed E-state index contributed by atoms with van der Waals surface area (Å²) in [6, 6.07) is 15.4. The minimum Gasteiger partial charge on any atom is -0.444 e. The fourth-order valence-electron chi connectivity index (χ4n) is 4.05. The van der Waals surface area contributed by atoms with Crippen molar-refractivity contribution in [3.05, 3.63) is 77.9 Å².